The van der Waals surface area contributed by atoms with Crippen molar-refractivity contribution >= 4 is 11.7 Å². The van der Waals surface area contributed by atoms with E-state index < -0.39 is 5.91 Å². The van der Waals surface area contributed by atoms with Gasteiger partial charge < -0.3 is 29.9 Å². The van der Waals surface area contributed by atoms with Crippen molar-refractivity contribution < 1.29 is 24.5 Å². The molecule has 1 aromatic carbocycles. The molecule has 36 heavy (non-hydrogen) atoms. The maximum Gasteiger partial charge on any atom is 0.289 e. The molecule has 3 heterocycles. The highest BCUT2D eigenvalue weighted by Gasteiger charge is 2.25. The number of amides is 1. The molecule has 0 radical (unpaired) electrons. The minimum atomic E-state index is -0.437. The summed E-state index contributed by atoms with van der Waals surface area (Å²) in [4.78, 5) is 19.8. The first-order valence-electron chi connectivity index (χ1n) is 12.1. The number of nitrogens with one attached hydrogen (secondary N) is 1. The van der Waals surface area contributed by atoms with Crippen molar-refractivity contribution in [1.29, 1.82) is 0 Å². The Kier molecular flexibility index (Phi) is 8.01. The number of carbonyl (C=O) groups is 1. The average molecular weight is 497 g/mol. The molecule has 3 aromatic rings. The van der Waals surface area contributed by atoms with Crippen LogP contribution in [-0.4, -0.2) is 81.9 Å². The minimum absolute atomic E-state index is 0.00321. The monoisotopic (exact) mass is 496 g/mol. The number of nitrogens with zero attached hydrogens (tertiary/aromatic N) is 5. The van der Waals surface area contributed by atoms with Crippen LogP contribution >= 0.6 is 0 Å². The molecule has 0 atom stereocenters. The quantitative estimate of drug-likeness (QED) is 0.382. The first-order valence-corrected chi connectivity index (χ1v) is 12.1. The predicted molar refractivity (Wildman–Crippen MR) is 134 cm³/mol. The molecule has 1 fully saturated rings. The highest BCUT2D eigenvalue weighted by Crippen LogP contribution is 2.38. The van der Waals surface area contributed by atoms with Crippen LogP contribution in [0.25, 0.3) is 17.1 Å². The fraction of sp³-hybridized carbons (Fsp3) is 0.440. The van der Waals surface area contributed by atoms with Gasteiger partial charge in [0.1, 0.15) is 17.3 Å². The maximum atomic E-state index is 13.0. The van der Waals surface area contributed by atoms with Gasteiger partial charge in [0.15, 0.2) is 5.82 Å². The number of phenols is 2. The van der Waals surface area contributed by atoms with Crippen molar-refractivity contribution in [2.45, 2.75) is 26.7 Å². The van der Waals surface area contributed by atoms with Crippen molar-refractivity contribution in [2.24, 2.45) is 0 Å². The van der Waals surface area contributed by atoms with Gasteiger partial charge in [-0.05, 0) is 36.6 Å². The van der Waals surface area contributed by atoms with E-state index in [0.29, 0.717) is 49.8 Å². The summed E-state index contributed by atoms with van der Waals surface area (Å²) in [5, 5.41) is 32.2. The molecule has 2 aromatic heterocycles. The Bertz CT molecular complexity index is 1190. The smallest absolute Gasteiger partial charge is 0.289 e. The number of morpholine rings is 1. The second kappa shape index (κ2) is 11.4. The normalized spacial score (nSPS) is 13.8. The van der Waals surface area contributed by atoms with Gasteiger partial charge in [0, 0.05) is 32.3 Å². The number of phenolic OH excluding ortho intramolecular Hbond substituents is 2. The van der Waals surface area contributed by atoms with Crippen molar-refractivity contribution in [2.75, 3.05) is 51.0 Å². The highest BCUT2D eigenvalue weighted by atomic mass is 16.5. The van der Waals surface area contributed by atoms with E-state index in [2.05, 4.69) is 25.4 Å². The van der Waals surface area contributed by atoms with Crippen LogP contribution in [0.1, 0.15) is 42.9 Å². The number of rotatable bonds is 9. The maximum absolute atomic E-state index is 13.0. The second-order valence-corrected chi connectivity index (χ2v) is 8.69. The Morgan fingerprint density at radius 2 is 1.94 bits per heavy atom. The molecule has 0 unspecified atom stereocenters. The summed E-state index contributed by atoms with van der Waals surface area (Å²) in [6.07, 6.45) is 1.65. The number of aromatic hydroxyl groups is 2. The van der Waals surface area contributed by atoms with E-state index in [1.807, 2.05) is 32.9 Å². The third-order valence-corrected chi connectivity index (χ3v) is 5.94. The molecule has 0 aliphatic carbocycles. The molecule has 4 rings (SSSR count). The Morgan fingerprint density at radius 1 is 1.17 bits per heavy atom. The number of aromatic nitrogens is 4. The van der Waals surface area contributed by atoms with E-state index in [1.165, 1.54) is 6.07 Å². The fourth-order valence-corrected chi connectivity index (χ4v) is 4.04. The van der Waals surface area contributed by atoms with Crippen LogP contribution in [0, 0.1) is 0 Å². The van der Waals surface area contributed by atoms with Gasteiger partial charge in [0.25, 0.3) is 5.91 Å². The van der Waals surface area contributed by atoms with Gasteiger partial charge in [-0.1, -0.05) is 13.8 Å². The third kappa shape index (κ3) is 5.42. The van der Waals surface area contributed by atoms with E-state index in [4.69, 9.17) is 9.47 Å². The molecular weight excluding hydrogens is 464 g/mol. The van der Waals surface area contributed by atoms with E-state index in [-0.39, 0.29) is 29.1 Å². The summed E-state index contributed by atoms with van der Waals surface area (Å²) in [6, 6.07) is 6.66. The topological polar surface area (TPSA) is 135 Å². The Labute approximate surface area is 209 Å². The van der Waals surface area contributed by atoms with Gasteiger partial charge >= 0.3 is 0 Å². The van der Waals surface area contributed by atoms with Crippen molar-refractivity contribution in [3.63, 3.8) is 0 Å². The van der Waals surface area contributed by atoms with Gasteiger partial charge in [0.05, 0.1) is 37.3 Å². The summed E-state index contributed by atoms with van der Waals surface area (Å²) in [5.74, 6) is 0.472. The standard InChI is InChI=1S/C25H32N6O5/c1-4-35-10-7-26-25(34)24-29-28-23(19-13-18(16(2)3)20(32)14-21(19)33)31(24)17-5-6-22(27-15-17)30-8-11-36-12-9-30/h5-6,13-16,32-33H,4,7-12H2,1-3H3,(H,26,34). The highest BCUT2D eigenvalue weighted by molar-refractivity contribution is 5.92. The minimum Gasteiger partial charge on any atom is -0.508 e. The van der Waals surface area contributed by atoms with E-state index in [1.54, 1.807) is 16.8 Å². The third-order valence-electron chi connectivity index (χ3n) is 5.94. The predicted octanol–water partition coefficient (Wildman–Crippen LogP) is 2.47. The molecule has 0 bridgehead atoms. The average Bonchev–Trinajstić information content (AvgIpc) is 3.32. The molecule has 11 heteroatoms. The number of ether oxygens (including phenoxy) is 2. The molecule has 192 valence electrons. The lowest BCUT2D eigenvalue weighted by atomic mass is 9.98. The van der Waals surface area contributed by atoms with Gasteiger partial charge in [-0.25, -0.2) is 4.98 Å². The summed E-state index contributed by atoms with van der Waals surface area (Å²) < 4.78 is 12.3. The number of benzene rings is 1. The van der Waals surface area contributed by atoms with Crippen LogP contribution in [0.15, 0.2) is 30.5 Å². The van der Waals surface area contributed by atoms with Crippen molar-refractivity contribution in [3.8, 4) is 28.6 Å². The molecule has 0 saturated carbocycles. The van der Waals surface area contributed by atoms with Gasteiger partial charge in [-0.15, -0.1) is 10.2 Å². The van der Waals surface area contributed by atoms with Crippen LogP contribution in [-0.2, 0) is 9.47 Å². The molecule has 1 saturated heterocycles. The molecule has 0 spiro atoms. The van der Waals surface area contributed by atoms with Gasteiger partial charge in [0.2, 0.25) is 5.82 Å². The summed E-state index contributed by atoms with van der Waals surface area (Å²) in [5.41, 5.74) is 1.54. The zero-order valence-corrected chi connectivity index (χ0v) is 20.8. The fourth-order valence-electron chi connectivity index (χ4n) is 4.04. The molecular formula is C25H32N6O5. The van der Waals surface area contributed by atoms with Gasteiger partial charge in [-0.3, -0.25) is 9.36 Å². The van der Waals surface area contributed by atoms with E-state index in [0.717, 1.165) is 18.9 Å². The molecule has 11 nitrogen and oxygen atoms in total. The lowest BCUT2D eigenvalue weighted by Crippen LogP contribution is -2.36. The molecule has 1 aliphatic heterocycles. The van der Waals surface area contributed by atoms with Crippen LogP contribution < -0.4 is 10.2 Å². The lowest BCUT2D eigenvalue weighted by molar-refractivity contribution is 0.0910. The Hall–Kier alpha value is -3.70. The Morgan fingerprint density at radius 3 is 2.61 bits per heavy atom. The van der Waals surface area contributed by atoms with Crippen LogP contribution in [0.2, 0.25) is 0 Å². The zero-order valence-electron chi connectivity index (χ0n) is 20.8. The second-order valence-electron chi connectivity index (χ2n) is 8.69. The molecule has 1 amide bonds. The lowest BCUT2D eigenvalue weighted by Gasteiger charge is -2.27. The molecule has 1 aliphatic rings. The Balaban J connectivity index is 1.76. The van der Waals surface area contributed by atoms with Gasteiger partial charge in [-0.2, -0.15) is 0 Å². The zero-order chi connectivity index (χ0) is 25.7. The number of hydrogen-bond acceptors (Lipinski definition) is 9. The number of pyridine rings is 1. The van der Waals surface area contributed by atoms with E-state index in [9.17, 15) is 15.0 Å². The summed E-state index contributed by atoms with van der Waals surface area (Å²) >= 11 is 0. The van der Waals surface area contributed by atoms with E-state index >= 15 is 0 Å². The first-order chi connectivity index (χ1) is 17.4. The van der Waals surface area contributed by atoms with Crippen molar-refractivity contribution in [3.05, 3.63) is 41.9 Å². The number of carbonyl (C=O) groups excluding carboxylic acids is 1. The molecule has 3 N–H and O–H groups in total. The summed E-state index contributed by atoms with van der Waals surface area (Å²) in [7, 11) is 0. The first kappa shape index (κ1) is 25.4. The van der Waals surface area contributed by atoms with Crippen molar-refractivity contribution in [1.82, 2.24) is 25.1 Å². The van der Waals surface area contributed by atoms with Crippen LogP contribution in [0.3, 0.4) is 0 Å². The van der Waals surface area contributed by atoms with Crippen LogP contribution in [0.5, 0.6) is 11.5 Å². The number of anilines is 1. The number of hydrogen-bond donors (Lipinski definition) is 3. The SMILES string of the molecule is CCOCCNC(=O)c1nnc(-c2cc(C(C)C)c(O)cc2O)n1-c1ccc(N2CCOCC2)nc1. The summed E-state index contributed by atoms with van der Waals surface area (Å²) in [6.45, 7) is 9.77. The largest absolute Gasteiger partial charge is 0.508 e. The van der Waals surface area contributed by atoms with Crippen LogP contribution in [0.4, 0.5) is 5.82 Å².